The Kier molecular flexibility index (Phi) is 7.14. The van der Waals surface area contributed by atoms with Gasteiger partial charge in [-0.3, -0.25) is 0 Å². The summed E-state index contributed by atoms with van der Waals surface area (Å²) in [5.41, 5.74) is -3.41. The lowest BCUT2D eigenvalue weighted by atomic mass is 9.97. The van der Waals surface area contributed by atoms with Gasteiger partial charge in [0, 0.05) is 38.1 Å². The monoisotopic (exact) mass is 500 g/mol. The van der Waals surface area contributed by atoms with Crippen LogP contribution in [-0.2, 0) is 30.2 Å². The number of halogens is 3. The zero-order valence-electron chi connectivity index (χ0n) is 19.5. The van der Waals surface area contributed by atoms with Crippen molar-refractivity contribution in [3.63, 3.8) is 0 Å². The number of benzene rings is 1. The van der Waals surface area contributed by atoms with Crippen molar-refractivity contribution in [2.45, 2.75) is 63.2 Å². The van der Waals surface area contributed by atoms with Gasteiger partial charge in [0.2, 0.25) is 0 Å². The smallest absolute Gasteiger partial charge is 0.497 e. The molecule has 1 aliphatic heterocycles. The van der Waals surface area contributed by atoms with E-state index in [1.807, 2.05) is 28.8 Å². The standard InChI is InChI=1S/C23H31F3N4O3S/c1-28-13-19(27-16-28)14-30-20(8-7-17-5-3-4-6-17)15-29(34(31,32)23(24,25)26)12-18-11-21(33-2)9-10-22(18)30/h9-11,13,16-17,20H,3-8,12,14-15H2,1-2H3/t20-/m0/s1. The van der Waals surface area contributed by atoms with Crippen LogP contribution in [0.15, 0.2) is 30.7 Å². The van der Waals surface area contributed by atoms with E-state index >= 15 is 0 Å². The minimum absolute atomic E-state index is 0.238. The summed E-state index contributed by atoms with van der Waals surface area (Å²) in [7, 11) is -2.18. The Morgan fingerprint density at radius 1 is 1.18 bits per heavy atom. The number of hydrogen-bond acceptors (Lipinski definition) is 5. The second-order valence-electron chi connectivity index (χ2n) is 9.28. The molecule has 1 aromatic carbocycles. The molecule has 0 unspecified atom stereocenters. The molecule has 34 heavy (non-hydrogen) atoms. The quantitative estimate of drug-likeness (QED) is 0.562. The van der Waals surface area contributed by atoms with E-state index in [2.05, 4.69) is 4.98 Å². The molecule has 0 bridgehead atoms. The van der Waals surface area contributed by atoms with Crippen molar-refractivity contribution >= 4 is 15.7 Å². The third-order valence-corrected chi connectivity index (χ3v) is 8.45. The highest BCUT2D eigenvalue weighted by Crippen LogP contribution is 2.38. The maximum Gasteiger partial charge on any atom is 0.511 e. The van der Waals surface area contributed by atoms with Gasteiger partial charge in [-0.25, -0.2) is 13.4 Å². The molecular formula is C23H31F3N4O3S. The van der Waals surface area contributed by atoms with Crippen molar-refractivity contribution in [1.82, 2.24) is 13.9 Å². The number of anilines is 1. The number of methoxy groups -OCH3 is 1. The molecule has 0 N–H and O–H groups in total. The van der Waals surface area contributed by atoms with Gasteiger partial charge in [0.25, 0.3) is 0 Å². The number of aromatic nitrogens is 2. The van der Waals surface area contributed by atoms with E-state index in [1.165, 1.54) is 20.0 Å². The molecule has 0 spiro atoms. The predicted octanol–water partition coefficient (Wildman–Crippen LogP) is 4.44. The highest BCUT2D eigenvalue weighted by atomic mass is 32.2. The van der Waals surface area contributed by atoms with Gasteiger partial charge < -0.3 is 14.2 Å². The summed E-state index contributed by atoms with van der Waals surface area (Å²) in [6, 6.07) is 4.77. The minimum Gasteiger partial charge on any atom is -0.497 e. The minimum atomic E-state index is -5.50. The molecule has 1 atom stereocenters. The summed E-state index contributed by atoms with van der Waals surface area (Å²) in [4.78, 5) is 6.44. The number of sulfonamides is 1. The van der Waals surface area contributed by atoms with Crippen molar-refractivity contribution in [2.24, 2.45) is 13.0 Å². The average molecular weight is 501 g/mol. The van der Waals surface area contributed by atoms with Gasteiger partial charge in [-0.05, 0) is 42.5 Å². The summed E-state index contributed by atoms with van der Waals surface area (Å²) < 4.78 is 73.5. The van der Waals surface area contributed by atoms with E-state index in [1.54, 1.807) is 18.5 Å². The fourth-order valence-corrected chi connectivity index (χ4v) is 6.09. The number of hydrogen-bond donors (Lipinski definition) is 0. The molecule has 11 heteroatoms. The molecule has 7 nitrogen and oxygen atoms in total. The predicted molar refractivity (Wildman–Crippen MR) is 123 cm³/mol. The molecule has 1 saturated carbocycles. The van der Waals surface area contributed by atoms with Crippen LogP contribution in [0.5, 0.6) is 5.75 Å². The van der Waals surface area contributed by atoms with Crippen LogP contribution in [0.2, 0.25) is 0 Å². The van der Waals surface area contributed by atoms with Gasteiger partial charge in [0.15, 0.2) is 0 Å². The van der Waals surface area contributed by atoms with Gasteiger partial charge in [0.1, 0.15) is 5.75 Å². The van der Waals surface area contributed by atoms with E-state index in [0.717, 1.165) is 25.0 Å². The Balaban J connectivity index is 1.75. The fourth-order valence-electron chi connectivity index (χ4n) is 5.12. The van der Waals surface area contributed by atoms with E-state index in [-0.39, 0.29) is 13.1 Å². The SMILES string of the molecule is COc1ccc2c(c1)CN(S(=O)(=O)C(F)(F)F)C[C@H](CCC1CCCC1)N2Cc1cn(C)cn1. The van der Waals surface area contributed by atoms with E-state index < -0.39 is 21.6 Å². The maximum atomic E-state index is 13.6. The molecular weight excluding hydrogens is 469 g/mol. The van der Waals surface area contributed by atoms with Crippen LogP contribution in [-0.4, -0.2) is 47.5 Å². The third kappa shape index (κ3) is 5.19. The highest BCUT2D eigenvalue weighted by Gasteiger charge is 2.51. The highest BCUT2D eigenvalue weighted by molar-refractivity contribution is 7.89. The summed E-state index contributed by atoms with van der Waals surface area (Å²) in [5.74, 6) is 0.994. The molecule has 2 heterocycles. The van der Waals surface area contributed by atoms with Crippen LogP contribution in [0.25, 0.3) is 0 Å². The second kappa shape index (κ2) is 9.77. The van der Waals surface area contributed by atoms with Crippen molar-refractivity contribution in [1.29, 1.82) is 0 Å². The van der Waals surface area contributed by atoms with E-state index in [9.17, 15) is 21.6 Å². The first kappa shape index (κ1) is 24.8. The Hall–Kier alpha value is -2.27. The number of ether oxygens (including phenoxy) is 1. The average Bonchev–Trinajstić information content (AvgIpc) is 3.42. The zero-order chi connectivity index (χ0) is 24.5. The van der Waals surface area contributed by atoms with Gasteiger partial charge in [-0.2, -0.15) is 17.5 Å². The van der Waals surface area contributed by atoms with Crippen LogP contribution < -0.4 is 9.64 Å². The topological polar surface area (TPSA) is 67.7 Å². The summed E-state index contributed by atoms with van der Waals surface area (Å²) in [6.45, 7) is -0.235. The lowest BCUT2D eigenvalue weighted by Gasteiger charge is -2.34. The Morgan fingerprint density at radius 3 is 2.53 bits per heavy atom. The fraction of sp³-hybridized carbons (Fsp3) is 0.609. The summed E-state index contributed by atoms with van der Waals surface area (Å²) >= 11 is 0. The van der Waals surface area contributed by atoms with Crippen molar-refractivity contribution in [2.75, 3.05) is 18.6 Å². The largest absolute Gasteiger partial charge is 0.511 e. The van der Waals surface area contributed by atoms with Crippen LogP contribution in [0.4, 0.5) is 18.9 Å². The summed E-state index contributed by atoms with van der Waals surface area (Å²) in [6.07, 6.45) is 9.58. The van der Waals surface area contributed by atoms with Gasteiger partial charge in [-0.1, -0.05) is 25.7 Å². The lowest BCUT2D eigenvalue weighted by molar-refractivity contribution is -0.0492. The number of aryl methyl sites for hydroxylation is 1. The number of alkyl halides is 3. The first-order valence-corrected chi connectivity index (χ1v) is 13.0. The molecule has 0 radical (unpaired) electrons. The van der Waals surface area contributed by atoms with Crippen LogP contribution >= 0.6 is 0 Å². The zero-order valence-corrected chi connectivity index (χ0v) is 20.3. The second-order valence-corrected chi connectivity index (χ2v) is 11.2. The van der Waals surface area contributed by atoms with Crippen molar-refractivity contribution < 1.29 is 26.3 Å². The van der Waals surface area contributed by atoms with Crippen LogP contribution in [0.3, 0.4) is 0 Å². The van der Waals surface area contributed by atoms with Gasteiger partial charge in [-0.15, -0.1) is 0 Å². The molecule has 2 aliphatic rings. The van der Waals surface area contributed by atoms with Crippen molar-refractivity contribution in [3.8, 4) is 5.75 Å². The molecule has 2 aromatic rings. The number of nitrogens with zero attached hydrogens (tertiary/aromatic N) is 4. The molecule has 0 saturated heterocycles. The Morgan fingerprint density at radius 2 is 1.91 bits per heavy atom. The molecule has 1 fully saturated rings. The first-order chi connectivity index (χ1) is 16.1. The van der Waals surface area contributed by atoms with E-state index in [0.29, 0.717) is 40.2 Å². The van der Waals surface area contributed by atoms with Crippen LogP contribution in [0.1, 0.15) is 49.8 Å². The van der Waals surface area contributed by atoms with Gasteiger partial charge in [0.05, 0.1) is 25.7 Å². The normalized spacial score (nSPS) is 20.4. The third-order valence-electron chi connectivity index (χ3n) is 6.90. The first-order valence-electron chi connectivity index (χ1n) is 11.6. The van der Waals surface area contributed by atoms with Crippen LogP contribution in [0, 0.1) is 5.92 Å². The molecule has 4 rings (SSSR count). The molecule has 1 aromatic heterocycles. The van der Waals surface area contributed by atoms with Crippen molar-refractivity contribution in [3.05, 3.63) is 42.0 Å². The van der Waals surface area contributed by atoms with E-state index in [4.69, 9.17) is 4.74 Å². The number of imidazole rings is 1. The molecule has 188 valence electrons. The molecule has 0 amide bonds. The van der Waals surface area contributed by atoms with Gasteiger partial charge >= 0.3 is 15.5 Å². The lowest BCUT2D eigenvalue weighted by Crippen LogP contribution is -2.47. The maximum absolute atomic E-state index is 13.6. The Labute approximate surface area is 198 Å². The Bertz CT molecular complexity index is 1100. The molecule has 1 aliphatic carbocycles. The number of rotatable bonds is 7. The number of fused-ring (bicyclic) bond motifs is 1. The summed E-state index contributed by atoms with van der Waals surface area (Å²) in [5, 5.41) is 0.